The molecule has 17 heavy (non-hydrogen) atoms. The summed E-state index contributed by atoms with van der Waals surface area (Å²) in [6, 6.07) is 8.55. The molecule has 1 N–H and O–H groups in total. The lowest BCUT2D eigenvalue weighted by Gasteiger charge is -2.24. The minimum atomic E-state index is 0.136. The Morgan fingerprint density at radius 2 is 1.94 bits per heavy atom. The lowest BCUT2D eigenvalue weighted by Crippen LogP contribution is -2.25. The molecule has 2 bridgehead atoms. The summed E-state index contributed by atoms with van der Waals surface area (Å²) in [4.78, 5) is 11.2. The molecular formula is C15H19NO. The molecule has 0 aliphatic heterocycles. The SMILES string of the molecule is CC(=O)c1ccc(NC2CC3CCC2C3)cc1. The Morgan fingerprint density at radius 1 is 1.18 bits per heavy atom. The van der Waals surface area contributed by atoms with Crippen molar-refractivity contribution >= 4 is 11.5 Å². The van der Waals surface area contributed by atoms with Gasteiger partial charge in [0.1, 0.15) is 0 Å². The molecule has 0 spiro atoms. The van der Waals surface area contributed by atoms with E-state index in [2.05, 4.69) is 5.32 Å². The molecule has 0 radical (unpaired) electrons. The van der Waals surface area contributed by atoms with Crippen molar-refractivity contribution in [2.45, 2.75) is 38.6 Å². The predicted octanol–water partition coefficient (Wildman–Crippen LogP) is 3.49. The quantitative estimate of drug-likeness (QED) is 0.804. The van der Waals surface area contributed by atoms with Crippen molar-refractivity contribution in [1.29, 1.82) is 0 Å². The predicted molar refractivity (Wildman–Crippen MR) is 69.3 cm³/mol. The highest BCUT2D eigenvalue weighted by Gasteiger charge is 2.39. The summed E-state index contributed by atoms with van der Waals surface area (Å²) in [6.07, 6.45) is 5.59. The number of hydrogen-bond donors (Lipinski definition) is 1. The van der Waals surface area contributed by atoms with Gasteiger partial charge in [-0.05, 0) is 62.3 Å². The van der Waals surface area contributed by atoms with E-state index < -0.39 is 0 Å². The van der Waals surface area contributed by atoms with Gasteiger partial charge < -0.3 is 5.32 Å². The Bertz CT molecular complexity index is 423. The zero-order chi connectivity index (χ0) is 11.8. The average Bonchev–Trinajstić information content (AvgIpc) is 2.91. The van der Waals surface area contributed by atoms with E-state index in [0.29, 0.717) is 6.04 Å². The number of ketones is 1. The molecule has 90 valence electrons. The standard InChI is InChI=1S/C15H19NO/c1-10(17)12-4-6-14(7-5-12)16-15-9-11-2-3-13(15)8-11/h4-7,11,13,15-16H,2-3,8-9H2,1H3. The molecule has 2 nitrogen and oxygen atoms in total. The van der Waals surface area contributed by atoms with Gasteiger partial charge >= 0.3 is 0 Å². The molecule has 3 unspecified atom stereocenters. The molecule has 3 atom stereocenters. The highest BCUT2D eigenvalue weighted by atomic mass is 16.1. The lowest BCUT2D eigenvalue weighted by molar-refractivity contribution is 0.101. The Kier molecular flexibility index (Phi) is 2.65. The van der Waals surface area contributed by atoms with E-state index in [0.717, 1.165) is 23.1 Å². The summed E-state index contributed by atoms with van der Waals surface area (Å²) in [6.45, 7) is 1.61. The fraction of sp³-hybridized carbons (Fsp3) is 0.533. The molecule has 2 aliphatic rings. The maximum Gasteiger partial charge on any atom is 0.159 e. The van der Waals surface area contributed by atoms with E-state index in [9.17, 15) is 4.79 Å². The van der Waals surface area contributed by atoms with Crippen LogP contribution < -0.4 is 5.32 Å². The zero-order valence-electron chi connectivity index (χ0n) is 10.3. The largest absolute Gasteiger partial charge is 0.382 e. The number of benzene rings is 1. The number of carbonyl (C=O) groups is 1. The summed E-state index contributed by atoms with van der Waals surface area (Å²) >= 11 is 0. The molecule has 2 aliphatic carbocycles. The third kappa shape index (κ3) is 2.08. The van der Waals surface area contributed by atoms with Crippen LogP contribution in [0.15, 0.2) is 24.3 Å². The molecule has 1 aromatic rings. The third-order valence-electron chi connectivity index (χ3n) is 4.38. The second-order valence-corrected chi connectivity index (χ2v) is 5.56. The van der Waals surface area contributed by atoms with Gasteiger partial charge in [0.25, 0.3) is 0 Å². The summed E-state index contributed by atoms with van der Waals surface area (Å²) in [5.41, 5.74) is 1.95. The summed E-state index contributed by atoms with van der Waals surface area (Å²) in [5.74, 6) is 1.98. The first-order valence-corrected chi connectivity index (χ1v) is 6.60. The first kappa shape index (κ1) is 10.8. The van der Waals surface area contributed by atoms with Crippen LogP contribution in [0.1, 0.15) is 43.0 Å². The van der Waals surface area contributed by atoms with Crippen molar-refractivity contribution in [3.8, 4) is 0 Å². The highest BCUT2D eigenvalue weighted by molar-refractivity contribution is 5.94. The lowest BCUT2D eigenvalue weighted by atomic mass is 9.95. The Labute approximate surface area is 102 Å². The first-order valence-electron chi connectivity index (χ1n) is 6.60. The maximum atomic E-state index is 11.2. The Balaban J connectivity index is 1.67. The van der Waals surface area contributed by atoms with Crippen LogP contribution in [-0.2, 0) is 0 Å². The van der Waals surface area contributed by atoms with Crippen LogP contribution in [-0.4, -0.2) is 11.8 Å². The van der Waals surface area contributed by atoms with E-state index in [-0.39, 0.29) is 5.78 Å². The minimum Gasteiger partial charge on any atom is -0.382 e. The summed E-state index contributed by atoms with van der Waals surface area (Å²) in [5, 5.41) is 3.63. The third-order valence-corrected chi connectivity index (χ3v) is 4.38. The van der Waals surface area contributed by atoms with Gasteiger partial charge in [-0.3, -0.25) is 4.79 Å². The summed E-state index contributed by atoms with van der Waals surface area (Å²) < 4.78 is 0. The second kappa shape index (κ2) is 4.17. The van der Waals surface area contributed by atoms with Crippen molar-refractivity contribution < 1.29 is 4.79 Å². The van der Waals surface area contributed by atoms with Gasteiger partial charge in [-0.25, -0.2) is 0 Å². The van der Waals surface area contributed by atoms with Gasteiger partial charge in [-0.1, -0.05) is 6.42 Å². The van der Waals surface area contributed by atoms with Gasteiger partial charge in [0, 0.05) is 17.3 Å². The van der Waals surface area contributed by atoms with Crippen LogP contribution in [0, 0.1) is 11.8 Å². The summed E-state index contributed by atoms with van der Waals surface area (Å²) in [7, 11) is 0. The van der Waals surface area contributed by atoms with Crippen LogP contribution in [0.2, 0.25) is 0 Å². The van der Waals surface area contributed by atoms with Crippen LogP contribution in [0.4, 0.5) is 5.69 Å². The average molecular weight is 229 g/mol. The van der Waals surface area contributed by atoms with Crippen molar-refractivity contribution in [2.75, 3.05) is 5.32 Å². The molecule has 0 amide bonds. The number of fused-ring (bicyclic) bond motifs is 2. The highest BCUT2D eigenvalue weighted by Crippen LogP contribution is 2.45. The minimum absolute atomic E-state index is 0.136. The van der Waals surface area contributed by atoms with Crippen LogP contribution in [0.5, 0.6) is 0 Å². The smallest absolute Gasteiger partial charge is 0.159 e. The fourth-order valence-corrected chi connectivity index (χ4v) is 3.44. The van der Waals surface area contributed by atoms with Crippen LogP contribution in [0.3, 0.4) is 0 Å². The van der Waals surface area contributed by atoms with E-state index in [1.165, 1.54) is 25.7 Å². The fourth-order valence-electron chi connectivity index (χ4n) is 3.44. The first-order chi connectivity index (χ1) is 8.22. The normalized spacial score (nSPS) is 30.5. The number of anilines is 1. The molecule has 3 rings (SSSR count). The molecule has 2 saturated carbocycles. The molecule has 0 aromatic heterocycles. The van der Waals surface area contributed by atoms with Gasteiger partial charge in [0.15, 0.2) is 5.78 Å². The van der Waals surface area contributed by atoms with Crippen molar-refractivity contribution in [3.05, 3.63) is 29.8 Å². The number of rotatable bonds is 3. The zero-order valence-corrected chi connectivity index (χ0v) is 10.3. The van der Waals surface area contributed by atoms with Crippen molar-refractivity contribution in [1.82, 2.24) is 0 Å². The van der Waals surface area contributed by atoms with E-state index in [1.807, 2.05) is 24.3 Å². The number of nitrogens with one attached hydrogen (secondary N) is 1. The topological polar surface area (TPSA) is 29.1 Å². The molecule has 0 saturated heterocycles. The van der Waals surface area contributed by atoms with Crippen molar-refractivity contribution in [2.24, 2.45) is 11.8 Å². The monoisotopic (exact) mass is 229 g/mol. The van der Waals surface area contributed by atoms with Gasteiger partial charge in [-0.2, -0.15) is 0 Å². The molecular weight excluding hydrogens is 210 g/mol. The number of carbonyl (C=O) groups excluding carboxylic acids is 1. The molecule has 1 aromatic carbocycles. The Hall–Kier alpha value is -1.31. The molecule has 2 heteroatoms. The maximum absolute atomic E-state index is 11.2. The molecule has 2 fully saturated rings. The Morgan fingerprint density at radius 3 is 2.47 bits per heavy atom. The second-order valence-electron chi connectivity index (χ2n) is 5.56. The van der Waals surface area contributed by atoms with Gasteiger partial charge in [0.05, 0.1) is 0 Å². The van der Waals surface area contributed by atoms with Crippen molar-refractivity contribution in [3.63, 3.8) is 0 Å². The van der Waals surface area contributed by atoms with Gasteiger partial charge in [-0.15, -0.1) is 0 Å². The van der Waals surface area contributed by atoms with E-state index >= 15 is 0 Å². The number of hydrogen-bond acceptors (Lipinski definition) is 2. The van der Waals surface area contributed by atoms with E-state index in [1.54, 1.807) is 6.92 Å². The van der Waals surface area contributed by atoms with E-state index in [4.69, 9.17) is 0 Å². The van der Waals surface area contributed by atoms with Crippen LogP contribution >= 0.6 is 0 Å². The number of Topliss-reactive ketones (excluding diaryl/α,β-unsaturated/α-hetero) is 1. The van der Waals surface area contributed by atoms with Gasteiger partial charge in [0.2, 0.25) is 0 Å². The molecule has 0 heterocycles. The van der Waals surface area contributed by atoms with Crippen LogP contribution in [0.25, 0.3) is 0 Å².